The summed E-state index contributed by atoms with van der Waals surface area (Å²) in [7, 11) is 0. The molecule has 2 rings (SSSR count). The molecular formula is C13H15F3N2O2. The van der Waals surface area contributed by atoms with Gasteiger partial charge in [-0.15, -0.1) is 0 Å². The van der Waals surface area contributed by atoms with Crippen LogP contribution in [0.2, 0.25) is 0 Å². The summed E-state index contributed by atoms with van der Waals surface area (Å²) in [5.74, 6) is -0.143. The predicted octanol–water partition coefficient (Wildman–Crippen LogP) is 2.04. The van der Waals surface area contributed by atoms with E-state index in [9.17, 15) is 18.0 Å². The molecule has 1 fully saturated rings. The zero-order valence-corrected chi connectivity index (χ0v) is 10.7. The molecule has 4 nitrogen and oxygen atoms in total. The van der Waals surface area contributed by atoms with Gasteiger partial charge in [-0.3, -0.25) is 14.8 Å². The molecule has 0 spiro atoms. The number of aliphatic hydroxyl groups is 1. The van der Waals surface area contributed by atoms with Gasteiger partial charge in [0.05, 0.1) is 11.3 Å². The zero-order chi connectivity index (χ0) is 14.8. The van der Waals surface area contributed by atoms with Gasteiger partial charge >= 0.3 is 6.18 Å². The molecule has 1 heterocycles. The van der Waals surface area contributed by atoms with E-state index >= 15 is 0 Å². The number of amides is 1. The Morgan fingerprint density at radius 3 is 2.70 bits per heavy atom. The van der Waals surface area contributed by atoms with Crippen LogP contribution in [0.25, 0.3) is 0 Å². The number of aliphatic hydroxyl groups excluding tert-OH is 1. The average Bonchev–Trinajstić information content (AvgIpc) is 2.77. The van der Waals surface area contributed by atoms with Crippen LogP contribution in [0.1, 0.15) is 18.4 Å². The number of halogens is 3. The van der Waals surface area contributed by atoms with Crippen LogP contribution in [0, 0.1) is 0 Å². The summed E-state index contributed by atoms with van der Waals surface area (Å²) in [5.41, 5.74) is -0.403. The molecular weight excluding hydrogens is 273 g/mol. The normalized spacial score (nSPS) is 16.1. The Morgan fingerprint density at radius 2 is 2.05 bits per heavy atom. The highest BCUT2D eigenvalue weighted by atomic mass is 19.4. The minimum Gasteiger partial charge on any atom is -0.396 e. The molecule has 0 atom stereocenters. The fourth-order valence-electron chi connectivity index (χ4n) is 2.16. The van der Waals surface area contributed by atoms with E-state index in [0.717, 1.165) is 12.1 Å². The maximum atomic E-state index is 12.7. The molecule has 1 N–H and O–H groups in total. The van der Waals surface area contributed by atoms with Crippen LogP contribution in [-0.2, 0) is 11.0 Å². The topological polar surface area (TPSA) is 43.8 Å². The molecule has 110 valence electrons. The first-order valence-electron chi connectivity index (χ1n) is 6.29. The Balaban J connectivity index is 2.24. The third-order valence-electron chi connectivity index (χ3n) is 3.12. The van der Waals surface area contributed by atoms with Crippen LogP contribution in [0.3, 0.4) is 0 Å². The highest BCUT2D eigenvalue weighted by Crippen LogP contribution is 2.32. The molecule has 7 heteroatoms. The standard InChI is InChI=1S/C13H15F3N2O2/c14-13(15,16)10-3-1-4-11(9-10)17-7-5-12(20)18(17)6-2-8-19/h1,3-4,9,19H,2,5-8H2. The highest BCUT2D eigenvalue weighted by molar-refractivity contribution is 5.81. The van der Waals surface area contributed by atoms with E-state index in [1.165, 1.54) is 16.1 Å². The van der Waals surface area contributed by atoms with Crippen molar-refractivity contribution in [1.29, 1.82) is 0 Å². The fourth-order valence-corrected chi connectivity index (χ4v) is 2.16. The van der Waals surface area contributed by atoms with E-state index in [2.05, 4.69) is 0 Å². The van der Waals surface area contributed by atoms with Crippen molar-refractivity contribution in [3.05, 3.63) is 29.8 Å². The number of hydrazine groups is 1. The first-order chi connectivity index (χ1) is 9.43. The van der Waals surface area contributed by atoms with Crippen molar-refractivity contribution >= 4 is 11.6 Å². The lowest BCUT2D eigenvalue weighted by Gasteiger charge is -2.30. The quantitative estimate of drug-likeness (QED) is 0.922. The summed E-state index contributed by atoms with van der Waals surface area (Å²) in [5, 5.41) is 11.7. The number of anilines is 1. The second kappa shape index (κ2) is 5.70. The Hall–Kier alpha value is -1.76. The lowest BCUT2D eigenvalue weighted by atomic mass is 10.2. The third-order valence-corrected chi connectivity index (χ3v) is 3.12. The Labute approximate surface area is 114 Å². The van der Waals surface area contributed by atoms with Crippen LogP contribution in [0.5, 0.6) is 0 Å². The first kappa shape index (κ1) is 14.6. The molecule has 1 saturated heterocycles. The molecule has 20 heavy (non-hydrogen) atoms. The minimum absolute atomic E-state index is 0.0692. The maximum absolute atomic E-state index is 12.7. The van der Waals surface area contributed by atoms with Gasteiger partial charge in [-0.2, -0.15) is 13.2 Å². The maximum Gasteiger partial charge on any atom is 0.416 e. The summed E-state index contributed by atoms with van der Waals surface area (Å²) in [6.45, 7) is 0.581. The Bertz CT molecular complexity index is 491. The van der Waals surface area contributed by atoms with Crippen LogP contribution in [0.15, 0.2) is 24.3 Å². The Morgan fingerprint density at radius 1 is 1.30 bits per heavy atom. The van der Waals surface area contributed by atoms with Gasteiger partial charge in [0.1, 0.15) is 0 Å². The number of hydrogen-bond donors (Lipinski definition) is 1. The smallest absolute Gasteiger partial charge is 0.396 e. The SMILES string of the molecule is O=C1CCN(c2cccc(C(F)(F)F)c2)N1CCCO. The molecule has 1 aliphatic heterocycles. The molecule has 1 aromatic carbocycles. The Kier molecular flexibility index (Phi) is 4.17. The third kappa shape index (κ3) is 3.04. The van der Waals surface area contributed by atoms with E-state index in [4.69, 9.17) is 5.11 Å². The van der Waals surface area contributed by atoms with E-state index in [-0.39, 0.29) is 18.9 Å². The number of benzene rings is 1. The van der Waals surface area contributed by atoms with E-state index in [0.29, 0.717) is 25.2 Å². The van der Waals surface area contributed by atoms with Crippen molar-refractivity contribution in [3.63, 3.8) is 0 Å². The summed E-state index contributed by atoms with van der Waals surface area (Å²) in [6.07, 6.45) is -3.75. The molecule has 0 bridgehead atoms. The van der Waals surface area contributed by atoms with Crippen molar-refractivity contribution in [2.45, 2.75) is 19.0 Å². The van der Waals surface area contributed by atoms with E-state index in [1.54, 1.807) is 6.07 Å². The molecule has 0 aliphatic carbocycles. The lowest BCUT2D eigenvalue weighted by Crippen LogP contribution is -2.40. The number of rotatable bonds is 4. The van der Waals surface area contributed by atoms with Gasteiger partial charge in [0, 0.05) is 26.1 Å². The second-order valence-electron chi connectivity index (χ2n) is 4.52. The number of carbonyl (C=O) groups excluding carboxylic acids is 1. The summed E-state index contributed by atoms with van der Waals surface area (Å²) < 4.78 is 38.1. The second-order valence-corrected chi connectivity index (χ2v) is 4.52. The number of alkyl halides is 3. The summed E-state index contributed by atoms with van der Waals surface area (Å²) in [6, 6.07) is 4.90. The van der Waals surface area contributed by atoms with Crippen molar-refractivity contribution in [2.24, 2.45) is 0 Å². The van der Waals surface area contributed by atoms with Gasteiger partial charge in [-0.25, -0.2) is 0 Å². The lowest BCUT2D eigenvalue weighted by molar-refractivity contribution is -0.137. The van der Waals surface area contributed by atoms with E-state index in [1.807, 2.05) is 0 Å². The van der Waals surface area contributed by atoms with Crippen LogP contribution in [0.4, 0.5) is 18.9 Å². The van der Waals surface area contributed by atoms with Crippen molar-refractivity contribution in [2.75, 3.05) is 24.7 Å². The highest BCUT2D eigenvalue weighted by Gasteiger charge is 2.33. The van der Waals surface area contributed by atoms with Gasteiger partial charge in [-0.1, -0.05) is 6.07 Å². The van der Waals surface area contributed by atoms with Crippen LogP contribution >= 0.6 is 0 Å². The van der Waals surface area contributed by atoms with Gasteiger partial charge in [0.15, 0.2) is 0 Å². The first-order valence-corrected chi connectivity index (χ1v) is 6.29. The molecule has 1 aromatic rings. The largest absolute Gasteiger partial charge is 0.416 e. The van der Waals surface area contributed by atoms with Crippen molar-refractivity contribution in [1.82, 2.24) is 5.01 Å². The minimum atomic E-state index is -4.41. The van der Waals surface area contributed by atoms with Gasteiger partial charge in [0.25, 0.3) is 0 Å². The molecule has 0 unspecified atom stereocenters. The number of hydrogen-bond acceptors (Lipinski definition) is 3. The van der Waals surface area contributed by atoms with Gasteiger partial charge in [-0.05, 0) is 24.6 Å². The van der Waals surface area contributed by atoms with Gasteiger partial charge in [0.2, 0.25) is 5.91 Å². The monoisotopic (exact) mass is 288 g/mol. The van der Waals surface area contributed by atoms with E-state index < -0.39 is 11.7 Å². The predicted molar refractivity (Wildman–Crippen MR) is 66.8 cm³/mol. The molecule has 1 amide bonds. The van der Waals surface area contributed by atoms with Crippen molar-refractivity contribution < 1.29 is 23.1 Å². The molecule has 0 aromatic heterocycles. The number of carbonyl (C=O) groups is 1. The fraction of sp³-hybridized carbons (Fsp3) is 0.462. The average molecular weight is 288 g/mol. The molecule has 1 aliphatic rings. The number of nitrogens with zero attached hydrogens (tertiary/aromatic N) is 2. The van der Waals surface area contributed by atoms with Crippen molar-refractivity contribution in [3.8, 4) is 0 Å². The summed E-state index contributed by atoms with van der Waals surface area (Å²) >= 11 is 0. The molecule has 0 saturated carbocycles. The van der Waals surface area contributed by atoms with Gasteiger partial charge < -0.3 is 5.11 Å². The van der Waals surface area contributed by atoms with Crippen LogP contribution < -0.4 is 5.01 Å². The summed E-state index contributed by atoms with van der Waals surface area (Å²) in [4.78, 5) is 11.7. The molecule has 0 radical (unpaired) electrons. The zero-order valence-electron chi connectivity index (χ0n) is 10.7. The van der Waals surface area contributed by atoms with Crippen LogP contribution in [-0.4, -0.2) is 35.7 Å².